The van der Waals surface area contributed by atoms with Gasteiger partial charge in [-0.05, 0) is 17.5 Å². The Bertz CT molecular complexity index is 820. The Morgan fingerprint density at radius 1 is 0.960 bits per heavy atom. The second kappa shape index (κ2) is 6.29. The molecule has 0 spiro atoms. The van der Waals surface area contributed by atoms with Crippen LogP contribution in [0.15, 0.2) is 36.4 Å². The molecule has 6 nitrogen and oxygen atoms in total. The maximum Gasteiger partial charge on any atom is 0.261 e. The highest BCUT2D eigenvalue weighted by molar-refractivity contribution is 6.25. The van der Waals surface area contributed by atoms with E-state index < -0.39 is 0 Å². The average Bonchev–Trinajstić information content (AvgIpc) is 2.66. The lowest BCUT2D eigenvalue weighted by atomic mass is 9.94. The number of ether oxygens (including phenoxy) is 1. The van der Waals surface area contributed by atoms with Crippen molar-refractivity contribution in [3.8, 4) is 0 Å². The second-order valence-electron chi connectivity index (χ2n) is 6.21. The van der Waals surface area contributed by atoms with Crippen molar-refractivity contribution in [1.82, 2.24) is 9.80 Å². The number of nitrogens with zero attached hydrogens (tertiary/aromatic N) is 2. The van der Waals surface area contributed by atoms with E-state index in [1.54, 1.807) is 17.0 Å². The quantitative estimate of drug-likeness (QED) is 0.799. The van der Waals surface area contributed by atoms with Crippen LogP contribution in [0.3, 0.4) is 0 Å². The Labute approximate surface area is 145 Å². The van der Waals surface area contributed by atoms with Crippen molar-refractivity contribution in [3.05, 3.63) is 47.5 Å². The van der Waals surface area contributed by atoms with Gasteiger partial charge in [0.1, 0.15) is 0 Å². The maximum atomic E-state index is 12.8. The molecule has 2 heterocycles. The van der Waals surface area contributed by atoms with E-state index in [0.29, 0.717) is 42.8 Å². The van der Waals surface area contributed by atoms with Gasteiger partial charge in [-0.25, -0.2) is 0 Å². The van der Waals surface area contributed by atoms with Gasteiger partial charge in [0.15, 0.2) is 0 Å². The first-order chi connectivity index (χ1) is 12.2. The Balaban J connectivity index is 1.57. The van der Waals surface area contributed by atoms with Crippen molar-refractivity contribution >= 4 is 28.5 Å². The number of rotatable bonds is 3. The molecule has 128 valence electrons. The van der Waals surface area contributed by atoms with E-state index in [1.165, 1.54) is 4.90 Å². The first kappa shape index (κ1) is 15.8. The number of morpholine rings is 1. The third kappa shape index (κ3) is 2.68. The van der Waals surface area contributed by atoms with Crippen molar-refractivity contribution in [2.24, 2.45) is 0 Å². The molecule has 0 bridgehead atoms. The van der Waals surface area contributed by atoms with Crippen molar-refractivity contribution in [3.63, 3.8) is 0 Å². The monoisotopic (exact) mass is 338 g/mol. The third-order valence-electron chi connectivity index (χ3n) is 4.77. The van der Waals surface area contributed by atoms with E-state index in [4.69, 9.17) is 4.74 Å². The molecule has 0 saturated carbocycles. The topological polar surface area (TPSA) is 66.9 Å². The molecule has 0 atom stereocenters. The zero-order valence-electron chi connectivity index (χ0n) is 13.7. The average molecular weight is 338 g/mol. The summed E-state index contributed by atoms with van der Waals surface area (Å²) in [5.41, 5.74) is 1.04. The van der Waals surface area contributed by atoms with Crippen LogP contribution in [0.1, 0.15) is 27.1 Å². The number of carbonyl (C=O) groups excluding carboxylic acids is 3. The van der Waals surface area contributed by atoms with Gasteiger partial charge in [0.05, 0.1) is 13.2 Å². The van der Waals surface area contributed by atoms with E-state index >= 15 is 0 Å². The largest absolute Gasteiger partial charge is 0.378 e. The molecule has 6 heteroatoms. The minimum absolute atomic E-state index is 0.0547. The Morgan fingerprint density at radius 3 is 2.16 bits per heavy atom. The van der Waals surface area contributed by atoms with Gasteiger partial charge in [0.25, 0.3) is 11.8 Å². The number of imide groups is 1. The molecule has 1 fully saturated rings. The highest BCUT2D eigenvalue weighted by Gasteiger charge is 2.33. The van der Waals surface area contributed by atoms with Crippen molar-refractivity contribution in [2.75, 3.05) is 32.8 Å². The van der Waals surface area contributed by atoms with E-state index in [1.807, 2.05) is 24.3 Å². The lowest BCUT2D eigenvalue weighted by Gasteiger charge is -2.29. The summed E-state index contributed by atoms with van der Waals surface area (Å²) >= 11 is 0. The summed E-state index contributed by atoms with van der Waals surface area (Å²) in [6.45, 7) is 2.27. The highest BCUT2D eigenvalue weighted by atomic mass is 16.5. The Morgan fingerprint density at radius 2 is 1.56 bits per heavy atom. The lowest BCUT2D eigenvalue weighted by molar-refractivity contribution is -0.135. The van der Waals surface area contributed by atoms with Crippen LogP contribution in [0.25, 0.3) is 10.8 Å². The van der Waals surface area contributed by atoms with Gasteiger partial charge >= 0.3 is 0 Å². The molecule has 0 radical (unpaired) electrons. The molecule has 2 aliphatic heterocycles. The fourth-order valence-electron chi connectivity index (χ4n) is 3.46. The van der Waals surface area contributed by atoms with E-state index in [-0.39, 0.29) is 30.7 Å². The molecule has 2 aromatic rings. The van der Waals surface area contributed by atoms with Crippen LogP contribution >= 0.6 is 0 Å². The lowest BCUT2D eigenvalue weighted by Crippen LogP contribution is -2.45. The molecule has 0 aliphatic carbocycles. The first-order valence-electron chi connectivity index (χ1n) is 8.40. The van der Waals surface area contributed by atoms with E-state index in [9.17, 15) is 14.4 Å². The van der Waals surface area contributed by atoms with Gasteiger partial charge < -0.3 is 9.64 Å². The van der Waals surface area contributed by atoms with Gasteiger partial charge in [-0.1, -0.05) is 24.3 Å². The van der Waals surface area contributed by atoms with Crippen LogP contribution in [0.4, 0.5) is 0 Å². The Kier molecular flexibility index (Phi) is 3.97. The van der Waals surface area contributed by atoms with Crippen LogP contribution in [-0.2, 0) is 9.53 Å². The van der Waals surface area contributed by atoms with Crippen LogP contribution < -0.4 is 0 Å². The summed E-state index contributed by atoms with van der Waals surface area (Å²) in [6.07, 6.45) is 0.135. The fraction of sp³-hybridized carbons (Fsp3) is 0.316. The molecule has 3 amide bonds. The van der Waals surface area contributed by atoms with Crippen molar-refractivity contribution in [2.45, 2.75) is 6.42 Å². The summed E-state index contributed by atoms with van der Waals surface area (Å²) < 4.78 is 5.24. The molecule has 1 saturated heterocycles. The zero-order valence-corrected chi connectivity index (χ0v) is 13.7. The Hall–Kier alpha value is -2.73. The van der Waals surface area contributed by atoms with Gasteiger partial charge in [-0.2, -0.15) is 0 Å². The van der Waals surface area contributed by atoms with Crippen LogP contribution in [0.2, 0.25) is 0 Å². The minimum atomic E-state index is -0.330. The molecule has 2 aliphatic rings. The number of hydrogen-bond donors (Lipinski definition) is 0. The molecule has 2 aromatic carbocycles. The number of carbonyl (C=O) groups is 3. The molecule has 0 N–H and O–H groups in total. The van der Waals surface area contributed by atoms with E-state index in [2.05, 4.69) is 0 Å². The maximum absolute atomic E-state index is 12.8. The van der Waals surface area contributed by atoms with Crippen LogP contribution in [0, 0.1) is 0 Å². The number of benzene rings is 2. The molecule has 25 heavy (non-hydrogen) atoms. The van der Waals surface area contributed by atoms with Crippen LogP contribution in [-0.4, -0.2) is 60.4 Å². The SMILES string of the molecule is O=C(CCN1C(=O)c2cccc3cccc(c23)C1=O)N1CCOCC1. The standard InChI is InChI=1S/C19H18N2O4/c22-16(20-9-11-25-12-10-20)7-8-21-18(23)14-5-1-3-13-4-2-6-15(17(13)14)19(21)24/h1-6H,7-12H2. The predicted octanol–water partition coefficient (Wildman–Crippen LogP) is 1.68. The van der Waals surface area contributed by atoms with Crippen molar-refractivity contribution < 1.29 is 19.1 Å². The van der Waals surface area contributed by atoms with Gasteiger partial charge in [0, 0.05) is 42.6 Å². The summed E-state index contributed by atoms with van der Waals surface area (Å²) in [6, 6.07) is 10.9. The van der Waals surface area contributed by atoms with Crippen LogP contribution in [0.5, 0.6) is 0 Å². The summed E-state index contributed by atoms with van der Waals surface area (Å²) in [5, 5.41) is 1.58. The zero-order chi connectivity index (χ0) is 17.4. The third-order valence-corrected chi connectivity index (χ3v) is 4.77. The summed E-state index contributed by atoms with van der Waals surface area (Å²) in [5.74, 6) is -0.714. The summed E-state index contributed by atoms with van der Waals surface area (Å²) in [4.78, 5) is 40.7. The van der Waals surface area contributed by atoms with E-state index in [0.717, 1.165) is 5.39 Å². The normalized spacial score (nSPS) is 17.3. The molecular formula is C19H18N2O4. The minimum Gasteiger partial charge on any atom is -0.378 e. The molecule has 0 aromatic heterocycles. The highest BCUT2D eigenvalue weighted by Crippen LogP contribution is 2.29. The van der Waals surface area contributed by atoms with Gasteiger partial charge in [0.2, 0.25) is 5.91 Å². The predicted molar refractivity (Wildman–Crippen MR) is 91.3 cm³/mol. The summed E-state index contributed by atoms with van der Waals surface area (Å²) in [7, 11) is 0. The molecule has 4 rings (SSSR count). The number of hydrogen-bond acceptors (Lipinski definition) is 4. The second-order valence-corrected chi connectivity index (χ2v) is 6.21. The smallest absolute Gasteiger partial charge is 0.261 e. The molecule has 0 unspecified atom stereocenters. The number of amides is 3. The van der Waals surface area contributed by atoms with Crippen molar-refractivity contribution in [1.29, 1.82) is 0 Å². The fourth-order valence-corrected chi connectivity index (χ4v) is 3.46. The van der Waals surface area contributed by atoms with Gasteiger partial charge in [-0.3, -0.25) is 19.3 Å². The molecular weight excluding hydrogens is 320 g/mol. The first-order valence-corrected chi connectivity index (χ1v) is 8.40. The van der Waals surface area contributed by atoms with Gasteiger partial charge in [-0.15, -0.1) is 0 Å².